The average molecular weight is 205 g/mol. The van der Waals surface area contributed by atoms with E-state index in [0.29, 0.717) is 11.9 Å². The standard InChI is InChI=1S/C11H11NO3/c13-6-4-8-1-2-9-3-5-12(11(14)15)10(9)7-8/h1-3,5,7,13H,4,6H2,(H,14,15). The van der Waals surface area contributed by atoms with Crippen molar-refractivity contribution in [3.63, 3.8) is 0 Å². The maximum atomic E-state index is 10.9. The molecule has 0 amide bonds. The predicted molar refractivity (Wildman–Crippen MR) is 56.2 cm³/mol. The third-order valence-electron chi connectivity index (χ3n) is 2.36. The van der Waals surface area contributed by atoms with Crippen LogP contribution in [0.4, 0.5) is 4.79 Å². The highest BCUT2D eigenvalue weighted by atomic mass is 16.4. The molecule has 0 atom stereocenters. The Balaban J connectivity index is 2.56. The van der Waals surface area contributed by atoms with E-state index in [1.165, 1.54) is 10.8 Å². The number of aliphatic hydroxyl groups excluding tert-OH is 1. The molecule has 1 aromatic carbocycles. The number of aliphatic hydroxyl groups is 1. The van der Waals surface area contributed by atoms with Crippen LogP contribution in [0.15, 0.2) is 30.5 Å². The second-order valence-electron chi connectivity index (χ2n) is 3.34. The van der Waals surface area contributed by atoms with Crippen LogP contribution in [0.5, 0.6) is 0 Å². The second kappa shape index (κ2) is 3.74. The van der Waals surface area contributed by atoms with E-state index in [-0.39, 0.29) is 6.61 Å². The van der Waals surface area contributed by atoms with E-state index in [4.69, 9.17) is 10.2 Å². The molecule has 0 aliphatic heterocycles. The molecule has 0 aliphatic rings. The number of aromatic nitrogens is 1. The molecule has 15 heavy (non-hydrogen) atoms. The van der Waals surface area contributed by atoms with Gasteiger partial charge in [-0.25, -0.2) is 4.79 Å². The summed E-state index contributed by atoms with van der Waals surface area (Å²) >= 11 is 0. The Hall–Kier alpha value is -1.81. The highest BCUT2D eigenvalue weighted by molar-refractivity contribution is 5.89. The summed E-state index contributed by atoms with van der Waals surface area (Å²) < 4.78 is 1.18. The third-order valence-corrected chi connectivity index (χ3v) is 2.36. The fourth-order valence-electron chi connectivity index (χ4n) is 1.63. The van der Waals surface area contributed by atoms with Crippen molar-refractivity contribution in [2.45, 2.75) is 6.42 Å². The first-order valence-corrected chi connectivity index (χ1v) is 4.66. The topological polar surface area (TPSA) is 62.5 Å². The fourth-order valence-corrected chi connectivity index (χ4v) is 1.63. The van der Waals surface area contributed by atoms with Crippen LogP contribution in [0.3, 0.4) is 0 Å². The lowest BCUT2D eigenvalue weighted by Crippen LogP contribution is -2.05. The molecule has 1 heterocycles. The van der Waals surface area contributed by atoms with E-state index in [0.717, 1.165) is 10.9 Å². The molecule has 1 aromatic heterocycles. The van der Waals surface area contributed by atoms with E-state index in [1.54, 1.807) is 12.1 Å². The lowest BCUT2D eigenvalue weighted by Gasteiger charge is -2.01. The van der Waals surface area contributed by atoms with Crippen LogP contribution in [0.2, 0.25) is 0 Å². The molecule has 0 saturated heterocycles. The van der Waals surface area contributed by atoms with Crippen molar-refractivity contribution >= 4 is 17.0 Å². The molecule has 0 bridgehead atoms. The molecule has 2 rings (SSSR count). The molecule has 0 fully saturated rings. The number of hydrogen-bond acceptors (Lipinski definition) is 2. The van der Waals surface area contributed by atoms with E-state index in [2.05, 4.69) is 0 Å². The van der Waals surface area contributed by atoms with Gasteiger partial charge in [0.15, 0.2) is 0 Å². The molecule has 0 unspecified atom stereocenters. The van der Waals surface area contributed by atoms with Gasteiger partial charge in [-0.15, -0.1) is 0 Å². The molecule has 78 valence electrons. The highest BCUT2D eigenvalue weighted by Gasteiger charge is 2.06. The Bertz CT molecular complexity index is 502. The van der Waals surface area contributed by atoms with Gasteiger partial charge in [0.2, 0.25) is 0 Å². The van der Waals surface area contributed by atoms with Gasteiger partial charge in [0.05, 0.1) is 5.52 Å². The van der Waals surface area contributed by atoms with Crippen molar-refractivity contribution in [3.05, 3.63) is 36.0 Å². The maximum absolute atomic E-state index is 10.9. The van der Waals surface area contributed by atoms with Crippen LogP contribution in [-0.4, -0.2) is 27.5 Å². The van der Waals surface area contributed by atoms with E-state index < -0.39 is 6.09 Å². The van der Waals surface area contributed by atoms with Gasteiger partial charge in [-0.3, -0.25) is 4.57 Å². The molecule has 2 aromatic rings. The van der Waals surface area contributed by atoms with Gasteiger partial charge in [-0.1, -0.05) is 12.1 Å². The van der Waals surface area contributed by atoms with Crippen molar-refractivity contribution < 1.29 is 15.0 Å². The van der Waals surface area contributed by atoms with Crippen molar-refractivity contribution in [3.8, 4) is 0 Å². The largest absolute Gasteiger partial charge is 0.464 e. The van der Waals surface area contributed by atoms with Gasteiger partial charge < -0.3 is 10.2 Å². The number of benzene rings is 1. The summed E-state index contributed by atoms with van der Waals surface area (Å²) in [5, 5.41) is 18.6. The van der Waals surface area contributed by atoms with E-state index >= 15 is 0 Å². The lowest BCUT2D eigenvalue weighted by atomic mass is 10.1. The average Bonchev–Trinajstić information content (AvgIpc) is 2.61. The number of carboxylic acid groups (broad SMARTS) is 1. The summed E-state index contributed by atoms with van der Waals surface area (Å²) in [5.41, 5.74) is 1.60. The minimum absolute atomic E-state index is 0.0687. The number of rotatable bonds is 2. The quantitative estimate of drug-likeness (QED) is 0.784. The molecule has 0 aliphatic carbocycles. The van der Waals surface area contributed by atoms with Crippen LogP contribution in [0.25, 0.3) is 10.9 Å². The Morgan fingerprint density at radius 1 is 1.33 bits per heavy atom. The normalized spacial score (nSPS) is 10.7. The molecular weight excluding hydrogens is 194 g/mol. The number of nitrogens with zero attached hydrogens (tertiary/aromatic N) is 1. The van der Waals surface area contributed by atoms with Crippen molar-refractivity contribution in [2.24, 2.45) is 0 Å². The van der Waals surface area contributed by atoms with Gasteiger partial charge in [0.25, 0.3) is 0 Å². The zero-order valence-corrected chi connectivity index (χ0v) is 8.05. The Kier molecular flexibility index (Phi) is 2.43. The zero-order valence-electron chi connectivity index (χ0n) is 8.05. The maximum Gasteiger partial charge on any atom is 0.415 e. The first-order chi connectivity index (χ1) is 7.22. The highest BCUT2D eigenvalue weighted by Crippen LogP contribution is 2.17. The summed E-state index contributed by atoms with van der Waals surface area (Å²) in [7, 11) is 0. The first kappa shape index (κ1) is 9.73. The Morgan fingerprint density at radius 2 is 2.13 bits per heavy atom. The predicted octanol–water partition coefficient (Wildman–Crippen LogP) is 1.70. The van der Waals surface area contributed by atoms with Crippen LogP contribution >= 0.6 is 0 Å². The molecular formula is C11H11NO3. The van der Waals surface area contributed by atoms with Crippen LogP contribution in [0.1, 0.15) is 5.56 Å². The minimum atomic E-state index is -0.994. The number of hydrogen-bond donors (Lipinski definition) is 2. The monoisotopic (exact) mass is 205 g/mol. The van der Waals surface area contributed by atoms with Crippen LogP contribution in [-0.2, 0) is 6.42 Å². The van der Waals surface area contributed by atoms with Crippen LogP contribution in [0, 0.1) is 0 Å². The summed E-state index contributed by atoms with van der Waals surface area (Å²) in [6.07, 6.45) is 1.07. The molecule has 4 heteroatoms. The first-order valence-electron chi connectivity index (χ1n) is 4.66. The zero-order chi connectivity index (χ0) is 10.8. The minimum Gasteiger partial charge on any atom is -0.464 e. The van der Waals surface area contributed by atoms with Gasteiger partial charge >= 0.3 is 6.09 Å². The molecule has 4 nitrogen and oxygen atoms in total. The molecule has 0 radical (unpaired) electrons. The van der Waals surface area contributed by atoms with Gasteiger partial charge in [-0.2, -0.15) is 0 Å². The van der Waals surface area contributed by atoms with E-state index in [1.807, 2.05) is 12.1 Å². The van der Waals surface area contributed by atoms with Gasteiger partial charge in [-0.05, 0) is 24.1 Å². The summed E-state index contributed by atoms with van der Waals surface area (Å²) in [6.45, 7) is 0.0687. The number of fused-ring (bicyclic) bond motifs is 1. The van der Waals surface area contributed by atoms with Crippen molar-refractivity contribution in [1.29, 1.82) is 0 Å². The SMILES string of the molecule is O=C(O)n1ccc2ccc(CCO)cc21. The molecule has 0 saturated carbocycles. The van der Waals surface area contributed by atoms with Crippen molar-refractivity contribution in [1.82, 2.24) is 4.57 Å². The van der Waals surface area contributed by atoms with Crippen molar-refractivity contribution in [2.75, 3.05) is 6.61 Å². The third kappa shape index (κ3) is 1.71. The summed E-state index contributed by atoms with van der Waals surface area (Å²) in [5.74, 6) is 0. The summed E-state index contributed by atoms with van der Waals surface area (Å²) in [6, 6.07) is 7.30. The number of carbonyl (C=O) groups is 1. The Labute approximate surface area is 86.4 Å². The smallest absolute Gasteiger partial charge is 0.415 e. The van der Waals surface area contributed by atoms with Gasteiger partial charge in [0.1, 0.15) is 0 Å². The summed E-state index contributed by atoms with van der Waals surface area (Å²) in [4.78, 5) is 10.9. The Morgan fingerprint density at radius 3 is 2.80 bits per heavy atom. The van der Waals surface area contributed by atoms with Gasteiger partial charge in [0, 0.05) is 18.2 Å². The van der Waals surface area contributed by atoms with E-state index in [9.17, 15) is 4.79 Å². The van der Waals surface area contributed by atoms with Crippen LogP contribution < -0.4 is 0 Å². The molecule has 2 N–H and O–H groups in total. The second-order valence-corrected chi connectivity index (χ2v) is 3.34. The fraction of sp³-hybridized carbons (Fsp3) is 0.182. The lowest BCUT2D eigenvalue weighted by molar-refractivity contribution is 0.197. The molecule has 0 spiro atoms.